The number of benzene rings is 1. The second kappa shape index (κ2) is 11.7. The van der Waals surface area contributed by atoms with Gasteiger partial charge in [0.15, 0.2) is 17.5 Å². The lowest BCUT2D eigenvalue weighted by molar-refractivity contribution is -0.128. The lowest BCUT2D eigenvalue weighted by Crippen LogP contribution is -2.53. The van der Waals surface area contributed by atoms with Gasteiger partial charge >= 0.3 is 0 Å². The first-order chi connectivity index (χ1) is 18.0. The smallest absolute Gasteiger partial charge is 0.251 e. The van der Waals surface area contributed by atoms with Crippen molar-refractivity contribution in [3.63, 3.8) is 0 Å². The molecule has 10 heteroatoms. The molecule has 0 spiro atoms. The molecule has 0 saturated heterocycles. The van der Waals surface area contributed by atoms with Gasteiger partial charge in [0.25, 0.3) is 5.91 Å². The Morgan fingerprint density at radius 2 is 2.05 bits per heavy atom. The van der Waals surface area contributed by atoms with Crippen LogP contribution in [0.25, 0.3) is 0 Å². The number of amides is 2. The molecule has 2 heterocycles. The summed E-state index contributed by atoms with van der Waals surface area (Å²) in [6.07, 6.45) is -0.942. The number of hydrogen-bond donors (Lipinski definition) is 3. The van der Waals surface area contributed by atoms with Gasteiger partial charge in [-0.1, -0.05) is 13.8 Å². The van der Waals surface area contributed by atoms with E-state index in [-0.39, 0.29) is 47.8 Å². The number of ether oxygens (including phenoxy) is 2. The number of halogens is 1. The van der Waals surface area contributed by atoms with E-state index < -0.39 is 29.5 Å². The van der Waals surface area contributed by atoms with Gasteiger partial charge < -0.3 is 25.6 Å². The molecule has 0 radical (unpaired) electrons. The quantitative estimate of drug-likeness (QED) is 0.530. The van der Waals surface area contributed by atoms with Gasteiger partial charge in [0.05, 0.1) is 25.2 Å². The van der Waals surface area contributed by atoms with Crippen LogP contribution in [0.5, 0.6) is 11.5 Å². The van der Waals surface area contributed by atoms with Crippen LogP contribution in [-0.2, 0) is 11.3 Å². The van der Waals surface area contributed by atoms with Gasteiger partial charge in [-0.25, -0.2) is 4.99 Å². The van der Waals surface area contributed by atoms with Crippen LogP contribution in [0.2, 0.25) is 0 Å². The fourth-order valence-electron chi connectivity index (χ4n) is 4.33. The zero-order chi connectivity index (χ0) is 28.2. The van der Waals surface area contributed by atoms with Crippen molar-refractivity contribution in [3.05, 3.63) is 58.9 Å². The van der Waals surface area contributed by atoms with Crippen LogP contribution in [0.15, 0.2) is 29.3 Å². The minimum atomic E-state index is -1.17. The highest BCUT2D eigenvalue weighted by atomic mass is 19.1. The lowest BCUT2D eigenvalue weighted by atomic mass is 9.86. The van der Waals surface area contributed by atoms with Crippen LogP contribution in [0.1, 0.15) is 75.5 Å². The van der Waals surface area contributed by atoms with Crippen molar-refractivity contribution in [2.45, 2.75) is 78.3 Å². The third-order valence-electron chi connectivity index (χ3n) is 6.21. The summed E-state index contributed by atoms with van der Waals surface area (Å²) in [5, 5.41) is 13.7. The number of aliphatic imine (C=N–C) groups is 1. The van der Waals surface area contributed by atoms with E-state index in [2.05, 4.69) is 22.4 Å². The van der Waals surface area contributed by atoms with E-state index >= 15 is 0 Å². The summed E-state index contributed by atoms with van der Waals surface area (Å²) in [5.74, 6) is -0.566. The molecule has 0 aliphatic carbocycles. The number of fused-ring (bicyclic) bond motifs is 1. The van der Waals surface area contributed by atoms with Crippen LogP contribution >= 0.6 is 0 Å². The second-order valence-electron chi connectivity index (χ2n) is 9.40. The number of rotatable bonds is 6. The molecule has 0 bridgehead atoms. The number of aliphatic hydroxyl groups is 1. The predicted molar refractivity (Wildman–Crippen MR) is 140 cm³/mol. The van der Waals surface area contributed by atoms with Gasteiger partial charge in [-0.3, -0.25) is 14.5 Å². The van der Waals surface area contributed by atoms with Gasteiger partial charge in [0.2, 0.25) is 5.91 Å². The predicted octanol–water partition coefficient (Wildman–Crippen LogP) is 3.29. The highest BCUT2D eigenvalue weighted by Gasteiger charge is 2.44. The maximum atomic E-state index is 13.9. The maximum absolute atomic E-state index is 13.9. The average molecular weight is 527 g/mol. The van der Waals surface area contributed by atoms with Gasteiger partial charge in [0, 0.05) is 23.1 Å². The molecule has 38 heavy (non-hydrogen) atoms. The minimum Gasteiger partial charge on any atom is -0.494 e. The molecule has 204 valence electrons. The van der Waals surface area contributed by atoms with E-state index in [1.54, 1.807) is 32.0 Å². The highest BCUT2D eigenvalue weighted by molar-refractivity contribution is 5.98. The first-order valence-electron chi connectivity index (χ1n) is 12.7. The zero-order valence-corrected chi connectivity index (χ0v) is 22.6. The van der Waals surface area contributed by atoms with Crippen LogP contribution in [0.4, 0.5) is 4.39 Å². The number of nitrogens with two attached hydrogens (primary N) is 1. The van der Waals surface area contributed by atoms with Gasteiger partial charge in [-0.2, -0.15) is 4.39 Å². The number of guanidine groups is 1. The molecular formula is C28H35FN4O5. The van der Waals surface area contributed by atoms with E-state index in [9.17, 15) is 19.1 Å². The monoisotopic (exact) mass is 526 g/mol. The fraction of sp³-hybridized carbons (Fsp3) is 0.464. The first-order valence-corrected chi connectivity index (χ1v) is 12.7. The minimum absolute atomic E-state index is 0.0725. The molecule has 3 atom stereocenters. The summed E-state index contributed by atoms with van der Waals surface area (Å²) in [6, 6.07) is 9.73. The number of nitrogens with one attached hydrogen (secondary N) is 1. The Hall–Kier alpha value is -3.84. The summed E-state index contributed by atoms with van der Waals surface area (Å²) >= 11 is 0. The van der Waals surface area contributed by atoms with E-state index in [0.717, 1.165) is 6.07 Å². The number of hydrogen-bond acceptors (Lipinski definition) is 7. The number of carbonyl (C=O) groups is 2. The number of aliphatic hydroxyl groups excluding tert-OH is 1. The first kappa shape index (κ1) is 28.7. The molecule has 4 rings (SSSR count). The largest absolute Gasteiger partial charge is 0.494 e. The molecule has 9 nitrogen and oxygen atoms in total. The normalized spacial score (nSPS) is 21.6. The van der Waals surface area contributed by atoms with Crippen LogP contribution in [-0.4, -0.2) is 52.1 Å². The van der Waals surface area contributed by atoms with E-state index in [1.165, 1.54) is 4.90 Å². The summed E-state index contributed by atoms with van der Waals surface area (Å²) < 4.78 is 25.4. The molecular weight excluding hydrogens is 491 g/mol. The SMILES string of the molecule is CC.CCOc1ccc(C(=O)NC2c3cc(F)c#cc3OC(C)(C)[C@H]2O)cc1CN1C(=O)CC(C)N=C1N. The highest BCUT2D eigenvalue weighted by Crippen LogP contribution is 2.39. The Kier molecular flexibility index (Phi) is 8.84. The summed E-state index contributed by atoms with van der Waals surface area (Å²) in [4.78, 5) is 31.5. The third-order valence-corrected chi connectivity index (χ3v) is 6.21. The molecule has 0 aromatic heterocycles. The van der Waals surface area contributed by atoms with Crippen molar-refractivity contribution in [1.29, 1.82) is 0 Å². The van der Waals surface area contributed by atoms with Crippen molar-refractivity contribution in [2.24, 2.45) is 10.7 Å². The fourth-order valence-corrected chi connectivity index (χ4v) is 4.33. The molecule has 2 aromatic carbocycles. The van der Waals surface area contributed by atoms with Gasteiger partial charge in [-0.15, -0.1) is 0 Å². The van der Waals surface area contributed by atoms with Crippen LogP contribution < -0.4 is 20.5 Å². The summed E-state index contributed by atoms with van der Waals surface area (Å²) in [5.41, 5.74) is 6.02. The van der Waals surface area contributed by atoms with Crippen LogP contribution in [0, 0.1) is 17.9 Å². The third kappa shape index (κ3) is 6.00. The maximum Gasteiger partial charge on any atom is 0.251 e. The van der Waals surface area contributed by atoms with Crippen molar-refractivity contribution >= 4 is 17.8 Å². The molecule has 2 aromatic rings. The Bertz CT molecular complexity index is 1220. The lowest BCUT2D eigenvalue weighted by Gasteiger charge is -2.41. The van der Waals surface area contributed by atoms with Gasteiger partial charge in [0.1, 0.15) is 17.5 Å². The van der Waals surface area contributed by atoms with Crippen molar-refractivity contribution in [1.82, 2.24) is 10.2 Å². The topological polar surface area (TPSA) is 126 Å². The molecule has 2 aliphatic heterocycles. The zero-order valence-electron chi connectivity index (χ0n) is 22.6. The van der Waals surface area contributed by atoms with Crippen LogP contribution in [0.3, 0.4) is 0 Å². The van der Waals surface area contributed by atoms with Gasteiger partial charge in [-0.05, 0) is 64.1 Å². The summed E-state index contributed by atoms with van der Waals surface area (Å²) in [7, 11) is 0. The Balaban J connectivity index is 0.00000195. The molecule has 0 fully saturated rings. The number of carbonyl (C=O) groups excluding carboxylic acids is 2. The Morgan fingerprint density at radius 3 is 2.71 bits per heavy atom. The molecule has 2 unspecified atom stereocenters. The van der Waals surface area contributed by atoms with Crippen molar-refractivity contribution in [2.75, 3.05) is 6.61 Å². The van der Waals surface area contributed by atoms with Crippen molar-refractivity contribution < 1.29 is 28.6 Å². The molecule has 2 amide bonds. The molecule has 4 N–H and O–H groups in total. The molecule has 2 aliphatic rings. The molecule has 0 saturated carbocycles. The average Bonchev–Trinajstić information content (AvgIpc) is 2.86. The van der Waals surface area contributed by atoms with Crippen molar-refractivity contribution in [3.8, 4) is 11.5 Å². The standard InChI is InChI=1S/C26H29FN4O5.C2H6/c1-5-35-19-8-6-15(11-16(19)13-31-21(32)10-14(2)29-25(31)28)24(34)30-22-18-12-17(27)7-9-20(18)36-26(3,4)23(22)33;1-2/h6,8,11-12,14,22-23,33H,5,10,13H2,1-4H3,(H2,28,29)(H,30,34);1-2H3/t14?,22?,23-;/m0./s1. The van der Waals surface area contributed by atoms with E-state index in [4.69, 9.17) is 15.2 Å². The number of nitrogens with zero attached hydrogens (tertiary/aromatic N) is 2. The summed E-state index contributed by atoms with van der Waals surface area (Å²) in [6.45, 7) is 11.4. The second-order valence-corrected chi connectivity index (χ2v) is 9.40. The Morgan fingerprint density at radius 1 is 1.34 bits per heavy atom. The Labute approximate surface area is 222 Å². The van der Waals surface area contributed by atoms with E-state index in [0.29, 0.717) is 17.9 Å². The van der Waals surface area contributed by atoms with E-state index in [1.807, 2.05) is 27.7 Å².